The van der Waals surface area contributed by atoms with Gasteiger partial charge in [0.25, 0.3) is 0 Å². The second-order valence-electron chi connectivity index (χ2n) is 5.62. The van der Waals surface area contributed by atoms with Crippen LogP contribution in [0.2, 0.25) is 0 Å². The monoisotopic (exact) mass is 326 g/mol. The molecule has 1 atom stereocenters. The third kappa shape index (κ3) is 3.65. The van der Waals surface area contributed by atoms with Gasteiger partial charge in [-0.05, 0) is 22.9 Å². The molecule has 1 aromatic carbocycles. The second kappa shape index (κ2) is 7.03. The molecule has 1 amide bonds. The van der Waals surface area contributed by atoms with Gasteiger partial charge in [-0.3, -0.25) is 4.79 Å². The Labute approximate surface area is 139 Å². The maximum Gasteiger partial charge on any atom is 0.248 e. The first kappa shape index (κ1) is 15.9. The van der Waals surface area contributed by atoms with E-state index in [-0.39, 0.29) is 5.91 Å². The number of tetrazole rings is 1. The smallest absolute Gasteiger partial charge is 0.248 e. The van der Waals surface area contributed by atoms with E-state index >= 15 is 0 Å². The minimum Gasteiger partial charge on any atom is -0.361 e. The van der Waals surface area contributed by atoms with Crippen molar-refractivity contribution in [2.45, 2.75) is 25.9 Å². The normalized spacial score (nSPS) is 12.1. The van der Waals surface area contributed by atoms with Crippen molar-refractivity contribution in [3.63, 3.8) is 0 Å². The van der Waals surface area contributed by atoms with E-state index in [0.29, 0.717) is 24.4 Å². The quantitative estimate of drug-likeness (QED) is 0.680. The minimum absolute atomic E-state index is 0.0909. The molecule has 0 saturated heterocycles. The van der Waals surface area contributed by atoms with Gasteiger partial charge >= 0.3 is 0 Å². The second-order valence-corrected chi connectivity index (χ2v) is 5.62. The van der Waals surface area contributed by atoms with Crippen LogP contribution in [-0.4, -0.2) is 43.2 Å². The van der Waals surface area contributed by atoms with Crippen molar-refractivity contribution < 1.29 is 9.32 Å². The van der Waals surface area contributed by atoms with Crippen molar-refractivity contribution in [1.82, 2.24) is 30.3 Å². The lowest BCUT2D eigenvalue weighted by Crippen LogP contribution is -2.35. The fraction of sp³-hybridized carbons (Fsp3) is 0.312. The topological polar surface area (TPSA) is 89.9 Å². The maximum atomic E-state index is 12.9. The molecule has 2 aromatic heterocycles. The van der Waals surface area contributed by atoms with Gasteiger partial charge in [-0.25, -0.2) is 4.68 Å². The van der Waals surface area contributed by atoms with Gasteiger partial charge in [0.05, 0.1) is 6.54 Å². The number of hydrogen-bond acceptors (Lipinski definition) is 6. The van der Waals surface area contributed by atoms with Crippen molar-refractivity contribution in [1.29, 1.82) is 0 Å². The molecule has 0 spiro atoms. The van der Waals surface area contributed by atoms with Crippen LogP contribution in [0.1, 0.15) is 23.1 Å². The zero-order valence-electron chi connectivity index (χ0n) is 13.5. The number of aryl methyl sites for hydroxylation is 1. The van der Waals surface area contributed by atoms with Crippen LogP contribution in [0.4, 0.5) is 0 Å². The molecule has 24 heavy (non-hydrogen) atoms. The molecule has 0 radical (unpaired) electrons. The highest BCUT2D eigenvalue weighted by Gasteiger charge is 2.26. The standard InChI is InChI=1S/C16H18N6O2/c1-12-8-14(18-24-12)10-21(2)16(23)15(22-11-17-19-20-22)9-13-6-4-3-5-7-13/h3-8,11,15H,9-10H2,1-2H3/t15-/m0/s1. The fourth-order valence-corrected chi connectivity index (χ4v) is 2.51. The fourth-order valence-electron chi connectivity index (χ4n) is 2.51. The van der Waals surface area contributed by atoms with Crippen molar-refractivity contribution in [2.75, 3.05) is 7.05 Å². The van der Waals surface area contributed by atoms with Crippen molar-refractivity contribution in [3.05, 3.63) is 59.7 Å². The predicted molar refractivity (Wildman–Crippen MR) is 84.7 cm³/mol. The van der Waals surface area contributed by atoms with E-state index < -0.39 is 6.04 Å². The molecule has 0 aliphatic carbocycles. The number of nitrogens with zero attached hydrogens (tertiary/aromatic N) is 6. The summed E-state index contributed by atoms with van der Waals surface area (Å²) in [4.78, 5) is 14.5. The molecular weight excluding hydrogens is 308 g/mol. The Morgan fingerprint density at radius 3 is 2.75 bits per heavy atom. The Kier molecular flexibility index (Phi) is 4.64. The predicted octanol–water partition coefficient (Wildman–Crippen LogP) is 1.41. The molecule has 8 nitrogen and oxygen atoms in total. The molecule has 8 heteroatoms. The summed E-state index contributed by atoms with van der Waals surface area (Å²) in [6, 6.07) is 11.1. The van der Waals surface area contributed by atoms with Gasteiger partial charge in [-0.15, -0.1) is 5.10 Å². The number of aromatic nitrogens is 5. The summed E-state index contributed by atoms with van der Waals surface area (Å²) < 4.78 is 6.53. The summed E-state index contributed by atoms with van der Waals surface area (Å²) in [7, 11) is 1.73. The molecular formula is C16H18N6O2. The molecule has 0 aliphatic rings. The molecule has 0 saturated carbocycles. The molecule has 2 heterocycles. The van der Waals surface area contributed by atoms with Crippen molar-refractivity contribution in [3.8, 4) is 0 Å². The Morgan fingerprint density at radius 2 is 2.12 bits per heavy atom. The number of likely N-dealkylation sites (N-methyl/N-ethyl adjacent to an activating group) is 1. The number of rotatable bonds is 6. The first-order chi connectivity index (χ1) is 11.6. The summed E-state index contributed by atoms with van der Waals surface area (Å²) in [5.74, 6) is 0.624. The third-order valence-corrected chi connectivity index (χ3v) is 3.69. The minimum atomic E-state index is -0.514. The third-order valence-electron chi connectivity index (χ3n) is 3.69. The van der Waals surface area contributed by atoms with Crippen LogP contribution in [0.3, 0.4) is 0 Å². The van der Waals surface area contributed by atoms with Gasteiger partial charge in [0.2, 0.25) is 5.91 Å². The molecule has 0 bridgehead atoms. The average molecular weight is 326 g/mol. The zero-order valence-corrected chi connectivity index (χ0v) is 13.5. The molecule has 3 aromatic rings. The molecule has 3 rings (SSSR count). The van der Waals surface area contributed by atoms with E-state index in [0.717, 1.165) is 5.56 Å². The lowest BCUT2D eigenvalue weighted by molar-refractivity contribution is -0.134. The number of amides is 1. The Balaban J connectivity index is 1.78. The molecule has 124 valence electrons. The Hall–Kier alpha value is -3.03. The highest BCUT2D eigenvalue weighted by atomic mass is 16.5. The number of carbonyl (C=O) groups excluding carboxylic acids is 1. The summed E-state index contributed by atoms with van der Waals surface area (Å²) in [5.41, 5.74) is 1.75. The highest BCUT2D eigenvalue weighted by molar-refractivity contribution is 5.80. The first-order valence-corrected chi connectivity index (χ1v) is 7.57. The SMILES string of the molecule is Cc1cc(CN(C)C(=O)[C@H](Cc2ccccc2)n2cnnn2)no1. The molecule has 0 aliphatic heterocycles. The van der Waals surface area contributed by atoms with E-state index in [2.05, 4.69) is 20.7 Å². The maximum absolute atomic E-state index is 12.9. The summed E-state index contributed by atoms with van der Waals surface area (Å²) in [6.07, 6.45) is 1.96. The Bertz CT molecular complexity index is 784. The molecule has 0 unspecified atom stereocenters. The number of hydrogen-bond donors (Lipinski definition) is 0. The largest absolute Gasteiger partial charge is 0.361 e. The average Bonchev–Trinajstić information content (AvgIpc) is 3.25. The van der Waals surface area contributed by atoms with E-state index in [9.17, 15) is 4.79 Å². The van der Waals surface area contributed by atoms with Crippen LogP contribution in [0.15, 0.2) is 47.2 Å². The zero-order chi connectivity index (χ0) is 16.9. The van der Waals surface area contributed by atoms with Gasteiger partial charge < -0.3 is 9.42 Å². The van der Waals surface area contributed by atoms with Gasteiger partial charge in [-0.2, -0.15) is 0 Å². The summed E-state index contributed by atoms with van der Waals surface area (Å²) in [5, 5.41) is 15.1. The molecule has 0 fully saturated rings. The van der Waals surface area contributed by atoms with Gasteiger partial charge in [-0.1, -0.05) is 35.5 Å². The van der Waals surface area contributed by atoms with Crippen molar-refractivity contribution in [2.24, 2.45) is 0 Å². The van der Waals surface area contributed by atoms with E-state index in [1.54, 1.807) is 11.9 Å². The summed E-state index contributed by atoms with van der Waals surface area (Å²) in [6.45, 7) is 2.18. The van der Waals surface area contributed by atoms with Crippen LogP contribution < -0.4 is 0 Å². The lowest BCUT2D eigenvalue weighted by atomic mass is 10.1. The Morgan fingerprint density at radius 1 is 1.33 bits per heavy atom. The first-order valence-electron chi connectivity index (χ1n) is 7.57. The number of benzene rings is 1. The van der Waals surface area contributed by atoms with Crippen LogP contribution in [-0.2, 0) is 17.8 Å². The highest BCUT2D eigenvalue weighted by Crippen LogP contribution is 2.17. The molecule has 0 N–H and O–H groups in total. The van der Waals surface area contributed by atoms with E-state index in [1.807, 2.05) is 43.3 Å². The lowest BCUT2D eigenvalue weighted by Gasteiger charge is -2.22. The van der Waals surface area contributed by atoms with Gasteiger partial charge in [0.1, 0.15) is 23.8 Å². The van der Waals surface area contributed by atoms with E-state index in [4.69, 9.17) is 4.52 Å². The van der Waals surface area contributed by atoms with Crippen LogP contribution in [0.5, 0.6) is 0 Å². The van der Waals surface area contributed by atoms with Crippen LogP contribution >= 0.6 is 0 Å². The number of carbonyl (C=O) groups is 1. The van der Waals surface area contributed by atoms with Gasteiger partial charge in [0.15, 0.2) is 0 Å². The van der Waals surface area contributed by atoms with Crippen LogP contribution in [0, 0.1) is 6.92 Å². The van der Waals surface area contributed by atoms with Gasteiger partial charge in [0, 0.05) is 19.5 Å². The van der Waals surface area contributed by atoms with Crippen LogP contribution in [0.25, 0.3) is 0 Å². The summed E-state index contributed by atoms with van der Waals surface area (Å²) >= 11 is 0. The van der Waals surface area contributed by atoms with E-state index in [1.165, 1.54) is 11.0 Å². The van der Waals surface area contributed by atoms with Crippen molar-refractivity contribution >= 4 is 5.91 Å².